The predicted molar refractivity (Wildman–Crippen MR) is 74.8 cm³/mol. The van der Waals surface area contributed by atoms with Crippen LogP contribution in [-0.4, -0.2) is 30.1 Å². The average molecular weight is 295 g/mol. The maximum atomic E-state index is 13.3. The maximum Gasteiger partial charge on any atom is 0.308 e. The number of aliphatic carboxylic acids is 1. The van der Waals surface area contributed by atoms with Crippen molar-refractivity contribution >= 4 is 17.6 Å². The van der Waals surface area contributed by atoms with E-state index >= 15 is 0 Å². The van der Waals surface area contributed by atoms with Gasteiger partial charge in [-0.3, -0.25) is 9.59 Å². The highest BCUT2D eigenvalue weighted by Gasteiger charge is 2.43. The van der Waals surface area contributed by atoms with Crippen molar-refractivity contribution in [2.75, 3.05) is 12.0 Å². The highest BCUT2D eigenvalue weighted by atomic mass is 19.1. The summed E-state index contributed by atoms with van der Waals surface area (Å²) in [4.78, 5) is 25.2. The van der Waals surface area contributed by atoms with E-state index in [4.69, 9.17) is 4.74 Å². The van der Waals surface area contributed by atoms with Crippen molar-refractivity contribution in [2.24, 2.45) is 11.8 Å². The zero-order chi connectivity index (χ0) is 15.7. The summed E-state index contributed by atoms with van der Waals surface area (Å²) < 4.78 is 18.4. The number of carbonyl (C=O) groups excluding carboxylic acids is 1. The SMILES string of the molecule is COc1cc(F)ccc1N1C(=O)CC(C)C(C(=O)O)C1C. The summed E-state index contributed by atoms with van der Waals surface area (Å²) in [5, 5.41) is 9.37. The van der Waals surface area contributed by atoms with Crippen LogP contribution in [0.4, 0.5) is 10.1 Å². The van der Waals surface area contributed by atoms with E-state index in [0.717, 1.165) is 0 Å². The highest BCUT2D eigenvalue weighted by Crippen LogP contribution is 2.38. The smallest absolute Gasteiger partial charge is 0.308 e. The number of hydrogen-bond acceptors (Lipinski definition) is 3. The Morgan fingerprint density at radius 1 is 1.43 bits per heavy atom. The van der Waals surface area contributed by atoms with Crippen molar-refractivity contribution in [3.05, 3.63) is 24.0 Å². The minimum atomic E-state index is -0.937. The Kier molecular flexibility index (Phi) is 4.16. The molecule has 0 aromatic heterocycles. The fourth-order valence-corrected chi connectivity index (χ4v) is 3.02. The lowest BCUT2D eigenvalue weighted by atomic mass is 9.80. The number of piperidine rings is 1. The maximum absolute atomic E-state index is 13.3. The summed E-state index contributed by atoms with van der Waals surface area (Å²) >= 11 is 0. The molecule has 1 aliphatic rings. The normalized spacial score (nSPS) is 25.8. The van der Waals surface area contributed by atoms with Crippen LogP contribution >= 0.6 is 0 Å². The number of anilines is 1. The van der Waals surface area contributed by atoms with Crippen LogP contribution in [0, 0.1) is 17.7 Å². The number of rotatable bonds is 3. The van der Waals surface area contributed by atoms with Gasteiger partial charge in [-0.2, -0.15) is 0 Å². The van der Waals surface area contributed by atoms with Crippen LogP contribution < -0.4 is 9.64 Å². The molecule has 0 radical (unpaired) electrons. The molecular formula is C15H18FNO4. The third-order valence-corrected chi connectivity index (χ3v) is 3.99. The molecule has 1 aromatic rings. The Hall–Kier alpha value is -2.11. The van der Waals surface area contributed by atoms with Gasteiger partial charge < -0.3 is 14.7 Å². The average Bonchev–Trinajstić information content (AvgIpc) is 2.39. The molecule has 0 bridgehead atoms. The number of benzene rings is 1. The van der Waals surface area contributed by atoms with Crippen molar-refractivity contribution in [3.8, 4) is 5.75 Å². The zero-order valence-electron chi connectivity index (χ0n) is 12.2. The molecule has 1 fully saturated rings. The Labute approximate surface area is 122 Å². The third-order valence-electron chi connectivity index (χ3n) is 3.99. The van der Waals surface area contributed by atoms with Crippen LogP contribution in [0.2, 0.25) is 0 Å². The molecule has 0 spiro atoms. The van der Waals surface area contributed by atoms with E-state index in [-0.39, 0.29) is 24.0 Å². The topological polar surface area (TPSA) is 66.8 Å². The molecule has 0 aliphatic carbocycles. The van der Waals surface area contributed by atoms with Gasteiger partial charge >= 0.3 is 5.97 Å². The lowest BCUT2D eigenvalue weighted by Gasteiger charge is -2.41. The van der Waals surface area contributed by atoms with Crippen LogP contribution in [0.15, 0.2) is 18.2 Å². The molecular weight excluding hydrogens is 277 g/mol. The Bertz CT molecular complexity index is 575. The molecule has 5 nitrogen and oxygen atoms in total. The standard InChI is InChI=1S/C15H18FNO4/c1-8-6-13(18)17(9(2)14(8)15(19)20)11-5-4-10(16)7-12(11)21-3/h4-5,7-9,14H,6H2,1-3H3,(H,19,20). The quantitative estimate of drug-likeness (QED) is 0.929. The van der Waals surface area contributed by atoms with E-state index in [1.165, 1.54) is 30.2 Å². The fraction of sp³-hybridized carbons (Fsp3) is 0.467. The first kappa shape index (κ1) is 15.3. The summed E-state index contributed by atoms with van der Waals surface area (Å²) in [6, 6.07) is 3.32. The third kappa shape index (κ3) is 2.70. The second kappa shape index (κ2) is 5.71. The van der Waals surface area contributed by atoms with Gasteiger partial charge in [-0.1, -0.05) is 6.92 Å². The van der Waals surface area contributed by atoms with Crippen LogP contribution in [0.1, 0.15) is 20.3 Å². The largest absolute Gasteiger partial charge is 0.494 e. The predicted octanol–water partition coefficient (Wildman–Crippen LogP) is 2.30. The van der Waals surface area contributed by atoms with Crippen molar-refractivity contribution in [1.29, 1.82) is 0 Å². The van der Waals surface area contributed by atoms with Crippen LogP contribution in [0.5, 0.6) is 5.75 Å². The van der Waals surface area contributed by atoms with E-state index in [1.54, 1.807) is 13.8 Å². The van der Waals surface area contributed by atoms with E-state index < -0.39 is 23.7 Å². The van der Waals surface area contributed by atoms with E-state index in [0.29, 0.717) is 5.69 Å². The number of carboxylic acid groups (broad SMARTS) is 1. The molecule has 114 valence electrons. The second-order valence-electron chi connectivity index (χ2n) is 5.37. The molecule has 6 heteroatoms. The Morgan fingerprint density at radius 3 is 2.67 bits per heavy atom. The molecule has 1 amide bonds. The van der Waals surface area contributed by atoms with E-state index in [9.17, 15) is 19.1 Å². The van der Waals surface area contributed by atoms with Gasteiger partial charge in [0, 0.05) is 18.5 Å². The summed E-state index contributed by atoms with van der Waals surface area (Å²) in [6.45, 7) is 3.45. The Morgan fingerprint density at radius 2 is 2.10 bits per heavy atom. The number of nitrogens with zero attached hydrogens (tertiary/aromatic N) is 1. The van der Waals surface area contributed by atoms with Crippen molar-refractivity contribution in [2.45, 2.75) is 26.3 Å². The van der Waals surface area contributed by atoms with Gasteiger partial charge in [-0.15, -0.1) is 0 Å². The van der Waals surface area contributed by atoms with Crippen LogP contribution in [0.3, 0.4) is 0 Å². The van der Waals surface area contributed by atoms with Crippen LogP contribution in [0.25, 0.3) is 0 Å². The highest BCUT2D eigenvalue weighted by molar-refractivity contribution is 5.98. The molecule has 3 unspecified atom stereocenters. The minimum Gasteiger partial charge on any atom is -0.494 e. The summed E-state index contributed by atoms with van der Waals surface area (Å²) in [6.07, 6.45) is 0.141. The van der Waals surface area contributed by atoms with Gasteiger partial charge in [0.1, 0.15) is 11.6 Å². The number of hydrogen-bond donors (Lipinski definition) is 1. The molecule has 1 saturated heterocycles. The van der Waals surface area contributed by atoms with Crippen molar-refractivity contribution in [1.82, 2.24) is 0 Å². The molecule has 21 heavy (non-hydrogen) atoms. The van der Waals surface area contributed by atoms with Gasteiger partial charge in [0.2, 0.25) is 5.91 Å². The lowest BCUT2D eigenvalue weighted by Crippen LogP contribution is -2.53. The molecule has 3 atom stereocenters. The lowest BCUT2D eigenvalue weighted by molar-refractivity contribution is -0.146. The molecule has 2 rings (SSSR count). The first-order valence-corrected chi connectivity index (χ1v) is 6.75. The van der Waals surface area contributed by atoms with Gasteiger partial charge in [-0.25, -0.2) is 4.39 Å². The molecule has 1 aromatic carbocycles. The summed E-state index contributed by atoms with van der Waals surface area (Å²) in [7, 11) is 1.38. The van der Waals surface area contributed by atoms with Gasteiger partial charge in [0.25, 0.3) is 0 Å². The van der Waals surface area contributed by atoms with Gasteiger partial charge in [0.05, 0.1) is 18.7 Å². The van der Waals surface area contributed by atoms with E-state index in [1.807, 2.05) is 0 Å². The fourth-order valence-electron chi connectivity index (χ4n) is 3.02. The Balaban J connectivity index is 2.46. The van der Waals surface area contributed by atoms with Crippen molar-refractivity contribution in [3.63, 3.8) is 0 Å². The van der Waals surface area contributed by atoms with E-state index in [2.05, 4.69) is 0 Å². The zero-order valence-corrected chi connectivity index (χ0v) is 12.2. The van der Waals surface area contributed by atoms with Crippen LogP contribution in [-0.2, 0) is 9.59 Å². The number of methoxy groups -OCH3 is 1. The summed E-state index contributed by atoms with van der Waals surface area (Å²) in [5.41, 5.74) is 0.398. The first-order valence-electron chi connectivity index (χ1n) is 6.75. The summed E-state index contributed by atoms with van der Waals surface area (Å²) in [5.74, 6) is -2.29. The minimum absolute atomic E-state index is 0.141. The van der Waals surface area contributed by atoms with Gasteiger partial charge in [-0.05, 0) is 25.0 Å². The first-order chi connectivity index (χ1) is 9.86. The van der Waals surface area contributed by atoms with Gasteiger partial charge in [0.15, 0.2) is 0 Å². The molecule has 1 heterocycles. The molecule has 0 saturated carbocycles. The number of carbonyl (C=O) groups is 2. The molecule has 1 N–H and O–H groups in total. The monoisotopic (exact) mass is 295 g/mol. The second-order valence-corrected chi connectivity index (χ2v) is 5.37. The number of carboxylic acids is 1. The number of amides is 1. The molecule has 1 aliphatic heterocycles. The van der Waals surface area contributed by atoms with Crippen molar-refractivity contribution < 1.29 is 23.8 Å². The number of ether oxygens (including phenoxy) is 1. The number of halogens is 1.